The number of fused-ring (bicyclic) bond motifs is 1. The molecule has 1 heterocycles. The predicted molar refractivity (Wildman–Crippen MR) is 96.0 cm³/mol. The first-order valence-corrected chi connectivity index (χ1v) is 8.29. The van der Waals surface area contributed by atoms with Crippen LogP contribution in [-0.4, -0.2) is 25.0 Å². The third-order valence-electron chi connectivity index (χ3n) is 3.21. The van der Waals surface area contributed by atoms with E-state index in [1.807, 2.05) is 55.4 Å². The quantitative estimate of drug-likeness (QED) is 0.738. The molecule has 2 aromatic carbocycles. The molecular formula is C16H14BrN3OS. The lowest BCUT2D eigenvalue weighted by molar-refractivity contribution is 0.102. The molecule has 0 spiro atoms. The number of amides is 1. The van der Waals surface area contributed by atoms with Gasteiger partial charge >= 0.3 is 0 Å². The van der Waals surface area contributed by atoms with Crippen molar-refractivity contribution < 1.29 is 4.79 Å². The Labute approximate surface area is 140 Å². The largest absolute Gasteiger partial charge is 0.378 e. The van der Waals surface area contributed by atoms with E-state index in [2.05, 4.69) is 26.2 Å². The lowest BCUT2D eigenvalue weighted by Crippen LogP contribution is -2.14. The number of hydrogen-bond acceptors (Lipinski definition) is 4. The maximum absolute atomic E-state index is 12.4. The summed E-state index contributed by atoms with van der Waals surface area (Å²) in [7, 11) is 3.89. The number of nitrogens with zero attached hydrogens (tertiary/aromatic N) is 2. The van der Waals surface area contributed by atoms with Gasteiger partial charge in [0.25, 0.3) is 5.91 Å². The van der Waals surface area contributed by atoms with Gasteiger partial charge < -0.3 is 4.90 Å². The number of benzene rings is 2. The molecule has 0 saturated heterocycles. The van der Waals surface area contributed by atoms with Crippen LogP contribution in [0, 0.1) is 0 Å². The molecule has 0 aliphatic carbocycles. The molecule has 4 nitrogen and oxygen atoms in total. The van der Waals surface area contributed by atoms with Gasteiger partial charge in [-0.25, -0.2) is 4.98 Å². The van der Waals surface area contributed by atoms with E-state index in [0.717, 1.165) is 20.4 Å². The fourth-order valence-electron chi connectivity index (χ4n) is 2.06. The molecule has 0 radical (unpaired) electrons. The van der Waals surface area contributed by atoms with E-state index in [4.69, 9.17) is 0 Å². The molecule has 3 aromatic rings. The summed E-state index contributed by atoms with van der Waals surface area (Å²) in [4.78, 5) is 18.8. The van der Waals surface area contributed by atoms with Crippen molar-refractivity contribution in [1.29, 1.82) is 0 Å². The van der Waals surface area contributed by atoms with E-state index in [9.17, 15) is 4.79 Å². The van der Waals surface area contributed by atoms with Crippen molar-refractivity contribution in [3.63, 3.8) is 0 Å². The van der Waals surface area contributed by atoms with Crippen LogP contribution < -0.4 is 10.2 Å². The second kappa shape index (κ2) is 6.06. The molecule has 0 fully saturated rings. The predicted octanol–water partition coefficient (Wildman–Crippen LogP) is 4.38. The van der Waals surface area contributed by atoms with Crippen molar-refractivity contribution >= 4 is 54.2 Å². The van der Waals surface area contributed by atoms with Crippen LogP contribution in [-0.2, 0) is 0 Å². The van der Waals surface area contributed by atoms with E-state index in [0.29, 0.717) is 10.7 Å². The number of nitrogens with one attached hydrogen (secondary N) is 1. The topological polar surface area (TPSA) is 45.2 Å². The minimum absolute atomic E-state index is 0.154. The average Bonchev–Trinajstić information content (AvgIpc) is 2.91. The second-order valence-corrected chi connectivity index (χ2v) is 6.89. The van der Waals surface area contributed by atoms with Crippen LogP contribution in [0.4, 0.5) is 10.8 Å². The highest BCUT2D eigenvalue weighted by Crippen LogP contribution is 2.31. The molecule has 112 valence electrons. The Bertz CT molecular complexity index is 844. The number of rotatable bonds is 3. The normalized spacial score (nSPS) is 10.7. The molecule has 3 rings (SSSR count). The van der Waals surface area contributed by atoms with E-state index in [1.54, 1.807) is 6.07 Å². The Hall–Kier alpha value is -1.92. The third kappa shape index (κ3) is 2.98. The van der Waals surface area contributed by atoms with Gasteiger partial charge in [-0.05, 0) is 46.3 Å². The zero-order valence-electron chi connectivity index (χ0n) is 12.1. The summed E-state index contributed by atoms with van der Waals surface area (Å²) in [6, 6.07) is 13.4. The van der Waals surface area contributed by atoms with Crippen LogP contribution in [0.15, 0.2) is 46.9 Å². The van der Waals surface area contributed by atoms with Gasteiger partial charge in [0.2, 0.25) is 0 Å². The van der Waals surface area contributed by atoms with E-state index in [-0.39, 0.29) is 5.91 Å². The van der Waals surface area contributed by atoms with Crippen LogP contribution >= 0.6 is 27.3 Å². The Morgan fingerprint density at radius 1 is 1.23 bits per heavy atom. The Kier molecular flexibility index (Phi) is 4.13. The Morgan fingerprint density at radius 3 is 2.73 bits per heavy atom. The van der Waals surface area contributed by atoms with Gasteiger partial charge in [-0.1, -0.05) is 23.5 Å². The highest BCUT2D eigenvalue weighted by atomic mass is 79.9. The van der Waals surface area contributed by atoms with Gasteiger partial charge in [-0.15, -0.1) is 0 Å². The molecule has 1 N–H and O–H groups in total. The summed E-state index contributed by atoms with van der Waals surface area (Å²) in [5, 5.41) is 3.47. The molecule has 0 atom stereocenters. The van der Waals surface area contributed by atoms with Crippen LogP contribution in [0.25, 0.3) is 10.2 Å². The molecule has 22 heavy (non-hydrogen) atoms. The number of thiazole rings is 1. The fourth-order valence-corrected chi connectivity index (χ4v) is 3.54. The third-order valence-corrected chi connectivity index (χ3v) is 4.79. The van der Waals surface area contributed by atoms with E-state index >= 15 is 0 Å². The number of para-hydroxylation sites is 1. The van der Waals surface area contributed by atoms with Crippen molar-refractivity contribution in [2.45, 2.75) is 0 Å². The molecule has 0 bridgehead atoms. The fraction of sp³-hybridized carbons (Fsp3) is 0.125. The standard InChI is InChI=1S/C16H14BrN3OS/c1-20(2)11-6-3-5-10(9-11)15(21)19-16-18-14-12(17)7-4-8-13(14)22-16/h3-9H,1-2H3,(H,18,19,21). The molecule has 6 heteroatoms. The second-order valence-electron chi connectivity index (χ2n) is 5.00. The number of anilines is 2. The maximum atomic E-state index is 12.4. The van der Waals surface area contributed by atoms with Crippen LogP contribution in [0.2, 0.25) is 0 Å². The lowest BCUT2D eigenvalue weighted by Gasteiger charge is -2.13. The zero-order chi connectivity index (χ0) is 15.7. The molecular weight excluding hydrogens is 362 g/mol. The highest BCUT2D eigenvalue weighted by molar-refractivity contribution is 9.10. The zero-order valence-corrected chi connectivity index (χ0v) is 14.5. The van der Waals surface area contributed by atoms with Gasteiger partial charge in [0, 0.05) is 29.8 Å². The van der Waals surface area contributed by atoms with E-state index in [1.165, 1.54) is 11.3 Å². The number of carbonyl (C=O) groups is 1. The van der Waals surface area contributed by atoms with Crippen molar-refractivity contribution in [3.05, 3.63) is 52.5 Å². The summed E-state index contributed by atoms with van der Waals surface area (Å²) in [5.74, 6) is -0.154. The molecule has 0 aliphatic rings. The molecule has 0 aliphatic heterocycles. The first-order chi connectivity index (χ1) is 10.5. The molecule has 0 saturated carbocycles. The van der Waals surface area contributed by atoms with Crippen LogP contribution in [0.1, 0.15) is 10.4 Å². The average molecular weight is 376 g/mol. The Balaban J connectivity index is 1.86. The number of halogens is 1. The lowest BCUT2D eigenvalue weighted by atomic mass is 10.2. The SMILES string of the molecule is CN(C)c1cccc(C(=O)Nc2nc3c(Br)cccc3s2)c1. The summed E-state index contributed by atoms with van der Waals surface area (Å²) >= 11 is 4.93. The van der Waals surface area contributed by atoms with Crippen molar-refractivity contribution in [1.82, 2.24) is 4.98 Å². The van der Waals surface area contributed by atoms with Gasteiger partial charge in [0.1, 0.15) is 0 Å². The van der Waals surface area contributed by atoms with Crippen molar-refractivity contribution in [3.8, 4) is 0 Å². The molecule has 1 amide bonds. The maximum Gasteiger partial charge on any atom is 0.257 e. The number of carbonyl (C=O) groups excluding carboxylic acids is 1. The highest BCUT2D eigenvalue weighted by Gasteiger charge is 2.12. The van der Waals surface area contributed by atoms with Crippen molar-refractivity contribution in [2.24, 2.45) is 0 Å². The van der Waals surface area contributed by atoms with E-state index < -0.39 is 0 Å². The first kappa shape index (κ1) is 15.0. The van der Waals surface area contributed by atoms with Crippen molar-refractivity contribution in [2.75, 3.05) is 24.3 Å². The summed E-state index contributed by atoms with van der Waals surface area (Å²) in [6.45, 7) is 0. The van der Waals surface area contributed by atoms with Gasteiger partial charge in [-0.2, -0.15) is 0 Å². The van der Waals surface area contributed by atoms with Crippen LogP contribution in [0.5, 0.6) is 0 Å². The molecule has 0 unspecified atom stereocenters. The number of aromatic nitrogens is 1. The minimum atomic E-state index is -0.154. The van der Waals surface area contributed by atoms with Crippen LogP contribution in [0.3, 0.4) is 0 Å². The molecule has 1 aromatic heterocycles. The smallest absolute Gasteiger partial charge is 0.257 e. The summed E-state index contributed by atoms with van der Waals surface area (Å²) in [5.41, 5.74) is 2.47. The summed E-state index contributed by atoms with van der Waals surface area (Å²) in [6.07, 6.45) is 0. The minimum Gasteiger partial charge on any atom is -0.378 e. The summed E-state index contributed by atoms with van der Waals surface area (Å²) < 4.78 is 1.96. The van der Waals surface area contributed by atoms with Gasteiger partial charge in [0.15, 0.2) is 5.13 Å². The van der Waals surface area contributed by atoms with Gasteiger partial charge in [0.05, 0.1) is 10.2 Å². The monoisotopic (exact) mass is 375 g/mol. The van der Waals surface area contributed by atoms with Gasteiger partial charge in [-0.3, -0.25) is 10.1 Å². The Morgan fingerprint density at radius 2 is 2.00 bits per heavy atom. The number of hydrogen-bond donors (Lipinski definition) is 1. The first-order valence-electron chi connectivity index (χ1n) is 6.68.